The van der Waals surface area contributed by atoms with Gasteiger partial charge in [0.05, 0.1) is 12.0 Å². The zero-order valence-corrected chi connectivity index (χ0v) is 13.0. The minimum Gasteiger partial charge on any atom is -0.368 e. The van der Waals surface area contributed by atoms with Crippen molar-refractivity contribution in [3.05, 3.63) is 46.5 Å². The van der Waals surface area contributed by atoms with Crippen LogP contribution in [-0.2, 0) is 22.2 Å². The van der Waals surface area contributed by atoms with Gasteiger partial charge in [0.25, 0.3) is 0 Å². The molecule has 0 bridgehead atoms. The van der Waals surface area contributed by atoms with Crippen LogP contribution in [0.15, 0.2) is 35.3 Å². The molecule has 0 heterocycles. The molecule has 0 radical (unpaired) electrons. The van der Waals surface area contributed by atoms with Crippen LogP contribution in [0.25, 0.3) is 0 Å². The Bertz CT molecular complexity index is 588. The molecule has 1 atom stereocenters. The van der Waals surface area contributed by atoms with Crippen molar-refractivity contribution in [2.24, 2.45) is 5.73 Å². The normalized spacial score (nSPS) is 12.5. The summed E-state index contributed by atoms with van der Waals surface area (Å²) >= 11 is 3.05. The highest BCUT2D eigenvalue weighted by molar-refractivity contribution is 9.11. The van der Waals surface area contributed by atoms with Crippen LogP contribution in [0.2, 0.25) is 0 Å². The predicted molar refractivity (Wildman–Crippen MR) is 79.0 cm³/mol. The van der Waals surface area contributed by atoms with E-state index in [4.69, 9.17) is 5.73 Å². The highest BCUT2D eigenvalue weighted by Crippen LogP contribution is 2.29. The first-order chi connectivity index (χ1) is 10.1. The quantitative estimate of drug-likeness (QED) is 0.798. The van der Waals surface area contributed by atoms with Crippen LogP contribution in [0.5, 0.6) is 0 Å². The van der Waals surface area contributed by atoms with Crippen molar-refractivity contribution in [1.29, 1.82) is 0 Å². The Morgan fingerprint density at radius 1 is 1.36 bits per heavy atom. The van der Waals surface area contributed by atoms with Gasteiger partial charge in [-0.3, -0.25) is 9.59 Å². The van der Waals surface area contributed by atoms with Crippen molar-refractivity contribution >= 4 is 27.7 Å². The number of nitrogens with two attached hydrogens (primary N) is 1. The number of hydrogen-bond acceptors (Lipinski definition) is 2. The number of rotatable bonds is 6. The second kappa shape index (κ2) is 7.44. The fourth-order valence-corrected chi connectivity index (χ4v) is 2.06. The number of nitrogens with one attached hydrogen (secondary N) is 1. The topological polar surface area (TPSA) is 72.2 Å². The van der Waals surface area contributed by atoms with Gasteiger partial charge in [0.2, 0.25) is 11.8 Å². The second-order valence-corrected chi connectivity index (χ2v) is 5.74. The van der Waals surface area contributed by atoms with E-state index in [-0.39, 0.29) is 18.4 Å². The summed E-state index contributed by atoms with van der Waals surface area (Å²) < 4.78 is 38.2. The molecule has 1 rings (SSSR count). The molecule has 0 unspecified atom stereocenters. The molecular weight excluding hydrogens is 365 g/mol. The molecule has 120 valence electrons. The van der Waals surface area contributed by atoms with Gasteiger partial charge in [-0.05, 0) is 16.1 Å². The number of carbonyl (C=O) groups is 2. The Balaban J connectivity index is 2.76. The highest BCUT2D eigenvalue weighted by atomic mass is 79.9. The highest BCUT2D eigenvalue weighted by Gasteiger charge is 2.30. The minimum atomic E-state index is -4.48. The number of halogens is 4. The summed E-state index contributed by atoms with van der Waals surface area (Å²) in [6.07, 6.45) is -4.66. The molecule has 2 amide bonds. The van der Waals surface area contributed by atoms with Crippen LogP contribution in [0.4, 0.5) is 13.2 Å². The lowest BCUT2D eigenvalue weighted by atomic mass is 10.1. The number of hydrogen-bond donors (Lipinski definition) is 2. The second-order valence-electron chi connectivity index (χ2n) is 4.62. The van der Waals surface area contributed by atoms with Crippen molar-refractivity contribution in [3.63, 3.8) is 0 Å². The van der Waals surface area contributed by atoms with E-state index in [1.165, 1.54) is 12.1 Å². The van der Waals surface area contributed by atoms with E-state index in [1.807, 2.05) is 0 Å². The molecule has 0 aromatic heterocycles. The summed E-state index contributed by atoms with van der Waals surface area (Å²) in [7, 11) is 0. The lowest BCUT2D eigenvalue weighted by molar-refractivity contribution is -0.137. The molecule has 0 aliphatic rings. The van der Waals surface area contributed by atoms with Crippen LogP contribution < -0.4 is 11.1 Å². The van der Waals surface area contributed by atoms with Gasteiger partial charge < -0.3 is 11.1 Å². The Kier molecular flexibility index (Phi) is 6.16. The summed E-state index contributed by atoms with van der Waals surface area (Å²) in [5.74, 6) is -1.35. The molecule has 3 N–H and O–H groups in total. The molecule has 4 nitrogen and oxygen atoms in total. The maximum absolute atomic E-state index is 12.6. The average Bonchev–Trinajstić information content (AvgIpc) is 2.36. The monoisotopic (exact) mass is 378 g/mol. The van der Waals surface area contributed by atoms with E-state index in [1.54, 1.807) is 0 Å². The molecule has 1 aromatic carbocycles. The lowest BCUT2D eigenvalue weighted by Gasteiger charge is -2.15. The van der Waals surface area contributed by atoms with Gasteiger partial charge in [-0.25, -0.2) is 0 Å². The third-order valence-corrected chi connectivity index (χ3v) is 3.05. The third kappa shape index (κ3) is 5.88. The van der Waals surface area contributed by atoms with Gasteiger partial charge in [0, 0.05) is 6.42 Å². The van der Waals surface area contributed by atoms with E-state index in [0.29, 0.717) is 4.48 Å². The van der Waals surface area contributed by atoms with Crippen LogP contribution >= 0.6 is 15.9 Å². The third-order valence-electron chi connectivity index (χ3n) is 2.72. The van der Waals surface area contributed by atoms with Crippen LogP contribution in [0, 0.1) is 0 Å². The number of carbonyl (C=O) groups excluding carboxylic acids is 2. The number of alkyl halides is 3. The Hall–Kier alpha value is -1.83. The van der Waals surface area contributed by atoms with Crippen molar-refractivity contribution < 1.29 is 22.8 Å². The molecule has 0 fully saturated rings. The zero-order valence-electron chi connectivity index (χ0n) is 11.4. The van der Waals surface area contributed by atoms with E-state index in [9.17, 15) is 22.8 Å². The van der Waals surface area contributed by atoms with Crippen molar-refractivity contribution in [2.75, 3.05) is 0 Å². The molecule has 8 heteroatoms. The van der Waals surface area contributed by atoms with Gasteiger partial charge in [-0.15, -0.1) is 0 Å². The van der Waals surface area contributed by atoms with Crippen molar-refractivity contribution in [2.45, 2.75) is 25.1 Å². The summed E-state index contributed by atoms with van der Waals surface area (Å²) in [5, 5.41) is 2.37. The predicted octanol–water partition coefficient (Wildman–Crippen LogP) is 2.52. The SMILES string of the molecule is C=C(Br)C[C@H](NC(=O)Cc1cccc(C(F)(F)F)c1)C(N)=O. The van der Waals surface area contributed by atoms with Crippen LogP contribution in [-0.4, -0.2) is 17.9 Å². The van der Waals surface area contributed by atoms with Gasteiger partial charge in [0.15, 0.2) is 0 Å². The molecule has 0 aliphatic carbocycles. The maximum atomic E-state index is 12.6. The standard InChI is InChI=1S/C14H14BrF3N2O2/c1-8(15)5-11(13(19)22)20-12(21)7-9-3-2-4-10(6-9)14(16,17)18/h2-4,6,11H,1,5,7H2,(H2,19,22)(H,20,21)/t11-/m0/s1. The first-order valence-electron chi connectivity index (χ1n) is 6.17. The fraction of sp³-hybridized carbons (Fsp3) is 0.286. The molecule has 1 aromatic rings. The van der Waals surface area contributed by atoms with Gasteiger partial charge in [-0.1, -0.05) is 40.7 Å². The fourth-order valence-electron chi connectivity index (χ4n) is 1.73. The van der Waals surface area contributed by atoms with E-state index < -0.39 is 29.6 Å². The number of benzene rings is 1. The molecule has 0 saturated heterocycles. The van der Waals surface area contributed by atoms with E-state index in [2.05, 4.69) is 27.8 Å². The Labute approximate surface area is 133 Å². The maximum Gasteiger partial charge on any atom is 0.416 e. The zero-order chi connectivity index (χ0) is 16.9. The van der Waals surface area contributed by atoms with Crippen LogP contribution in [0.3, 0.4) is 0 Å². The van der Waals surface area contributed by atoms with Gasteiger partial charge in [-0.2, -0.15) is 13.2 Å². The number of primary amides is 1. The summed E-state index contributed by atoms with van der Waals surface area (Å²) in [4.78, 5) is 23.0. The Morgan fingerprint density at radius 3 is 2.50 bits per heavy atom. The molecule has 0 saturated carbocycles. The smallest absolute Gasteiger partial charge is 0.368 e. The molecule has 22 heavy (non-hydrogen) atoms. The van der Waals surface area contributed by atoms with Crippen molar-refractivity contribution in [1.82, 2.24) is 5.32 Å². The average molecular weight is 379 g/mol. The van der Waals surface area contributed by atoms with E-state index in [0.717, 1.165) is 12.1 Å². The molecule has 0 aliphatic heterocycles. The van der Waals surface area contributed by atoms with E-state index >= 15 is 0 Å². The van der Waals surface area contributed by atoms with Crippen LogP contribution in [0.1, 0.15) is 17.5 Å². The number of amides is 2. The summed E-state index contributed by atoms with van der Waals surface area (Å²) in [6.45, 7) is 3.54. The molecular formula is C14H14BrF3N2O2. The van der Waals surface area contributed by atoms with Crippen molar-refractivity contribution in [3.8, 4) is 0 Å². The summed E-state index contributed by atoms with van der Waals surface area (Å²) in [6, 6.07) is 3.46. The first kappa shape index (κ1) is 18.2. The van der Waals surface area contributed by atoms with Gasteiger partial charge in [0.1, 0.15) is 6.04 Å². The largest absolute Gasteiger partial charge is 0.416 e. The Morgan fingerprint density at radius 2 is 2.00 bits per heavy atom. The molecule has 0 spiro atoms. The summed E-state index contributed by atoms with van der Waals surface area (Å²) in [5.41, 5.74) is 4.50. The minimum absolute atomic E-state index is 0.101. The first-order valence-corrected chi connectivity index (χ1v) is 6.97. The lowest BCUT2D eigenvalue weighted by Crippen LogP contribution is -2.45. The van der Waals surface area contributed by atoms with Gasteiger partial charge >= 0.3 is 6.18 Å².